The molecule has 5 nitrogen and oxygen atoms in total. The summed E-state index contributed by atoms with van der Waals surface area (Å²) in [6.07, 6.45) is 1.97. The number of nitrogens with one attached hydrogen (secondary N) is 2. The van der Waals surface area contributed by atoms with Gasteiger partial charge in [-0.1, -0.05) is 18.2 Å². The predicted octanol–water partition coefficient (Wildman–Crippen LogP) is 3.80. The first-order valence-corrected chi connectivity index (χ1v) is 10.6. The van der Waals surface area contributed by atoms with Gasteiger partial charge in [0.1, 0.15) is 5.75 Å². The van der Waals surface area contributed by atoms with Crippen LogP contribution in [0.25, 0.3) is 10.9 Å². The van der Waals surface area contributed by atoms with Crippen LogP contribution >= 0.6 is 0 Å². The van der Waals surface area contributed by atoms with E-state index < -0.39 is 10.0 Å². The number of sulfonamides is 1. The molecule has 0 bridgehead atoms. The Bertz CT molecular complexity index is 1110. The van der Waals surface area contributed by atoms with Gasteiger partial charge in [0.25, 0.3) is 0 Å². The van der Waals surface area contributed by atoms with E-state index in [1.165, 1.54) is 10.9 Å². The first-order chi connectivity index (χ1) is 12.9. The Balaban J connectivity index is 1.61. The lowest BCUT2D eigenvalue weighted by atomic mass is 9.93. The molecule has 1 aliphatic rings. The number of hydrogen-bond acceptors (Lipinski definition) is 3. The normalized spacial score (nSPS) is 15.8. The number of methoxy groups -OCH3 is 1. The van der Waals surface area contributed by atoms with Crippen molar-refractivity contribution < 1.29 is 13.2 Å². The molecule has 0 radical (unpaired) electrons. The van der Waals surface area contributed by atoms with Crippen molar-refractivity contribution in [2.75, 3.05) is 13.7 Å². The minimum atomic E-state index is -3.57. The lowest BCUT2D eigenvalue weighted by molar-refractivity contribution is 0.411. The topological polar surface area (TPSA) is 71.2 Å². The molecule has 1 aliphatic carbocycles. The molecule has 0 saturated heterocycles. The van der Waals surface area contributed by atoms with Crippen molar-refractivity contribution >= 4 is 20.9 Å². The van der Waals surface area contributed by atoms with Gasteiger partial charge >= 0.3 is 0 Å². The Kier molecular flexibility index (Phi) is 4.28. The van der Waals surface area contributed by atoms with Crippen LogP contribution in [0.1, 0.15) is 29.7 Å². The fraction of sp³-hybridized carbons (Fsp3) is 0.333. The highest BCUT2D eigenvalue weighted by Gasteiger charge is 2.47. The molecule has 142 valence electrons. The van der Waals surface area contributed by atoms with Crippen molar-refractivity contribution in [2.45, 2.75) is 37.0 Å². The number of fused-ring (bicyclic) bond motifs is 1. The van der Waals surface area contributed by atoms with Crippen LogP contribution in [0.2, 0.25) is 0 Å². The van der Waals surface area contributed by atoms with E-state index in [2.05, 4.69) is 28.8 Å². The van der Waals surface area contributed by atoms with Crippen LogP contribution in [0.15, 0.2) is 47.4 Å². The third kappa shape index (κ3) is 3.13. The summed E-state index contributed by atoms with van der Waals surface area (Å²) in [5, 5.41) is 1.19. The summed E-state index contributed by atoms with van der Waals surface area (Å²) in [6, 6.07) is 13.1. The van der Waals surface area contributed by atoms with E-state index in [-0.39, 0.29) is 10.3 Å². The molecule has 3 aromatic rings. The van der Waals surface area contributed by atoms with Crippen LogP contribution < -0.4 is 9.46 Å². The molecule has 0 aliphatic heterocycles. The molecular formula is C21H24N2O3S. The highest BCUT2D eigenvalue weighted by molar-refractivity contribution is 7.89. The summed E-state index contributed by atoms with van der Waals surface area (Å²) < 4.78 is 33.7. The number of para-hydroxylation sites is 1. The quantitative estimate of drug-likeness (QED) is 0.679. The van der Waals surface area contributed by atoms with Crippen LogP contribution in [-0.4, -0.2) is 27.1 Å². The zero-order valence-electron chi connectivity index (χ0n) is 15.8. The molecule has 0 amide bonds. The number of benzene rings is 2. The second-order valence-electron chi connectivity index (χ2n) is 7.41. The molecule has 2 N–H and O–H groups in total. The van der Waals surface area contributed by atoms with Gasteiger partial charge in [-0.05, 0) is 62.1 Å². The van der Waals surface area contributed by atoms with Crippen LogP contribution in [-0.2, 0) is 15.4 Å². The lowest BCUT2D eigenvalue weighted by Crippen LogP contribution is -2.32. The highest BCUT2D eigenvalue weighted by Crippen LogP contribution is 2.51. The number of hydrogen-bond donors (Lipinski definition) is 2. The highest BCUT2D eigenvalue weighted by atomic mass is 32.2. The third-order valence-corrected chi connectivity index (χ3v) is 6.95. The molecule has 2 aromatic carbocycles. The molecule has 1 heterocycles. The Labute approximate surface area is 159 Å². The number of rotatable bonds is 6. The fourth-order valence-electron chi connectivity index (χ4n) is 3.96. The number of ether oxygens (including phenoxy) is 1. The van der Waals surface area contributed by atoms with Gasteiger partial charge in [-0.25, -0.2) is 13.1 Å². The monoisotopic (exact) mass is 384 g/mol. The lowest BCUT2D eigenvalue weighted by Gasteiger charge is -2.18. The van der Waals surface area contributed by atoms with Crippen LogP contribution in [0.4, 0.5) is 0 Å². The van der Waals surface area contributed by atoms with E-state index in [1.807, 2.05) is 19.1 Å². The van der Waals surface area contributed by atoms with E-state index in [0.717, 1.165) is 29.6 Å². The largest absolute Gasteiger partial charge is 0.496 e. The van der Waals surface area contributed by atoms with Gasteiger partial charge in [-0.15, -0.1) is 0 Å². The van der Waals surface area contributed by atoms with Crippen molar-refractivity contribution in [3.63, 3.8) is 0 Å². The minimum Gasteiger partial charge on any atom is -0.496 e. The van der Waals surface area contributed by atoms with E-state index in [9.17, 15) is 8.42 Å². The van der Waals surface area contributed by atoms with E-state index in [4.69, 9.17) is 4.74 Å². The smallest absolute Gasteiger partial charge is 0.240 e. The Morgan fingerprint density at radius 2 is 1.89 bits per heavy atom. The van der Waals surface area contributed by atoms with Gasteiger partial charge < -0.3 is 9.72 Å². The second-order valence-corrected chi connectivity index (χ2v) is 9.17. The van der Waals surface area contributed by atoms with Crippen molar-refractivity contribution in [3.05, 3.63) is 59.3 Å². The molecule has 0 spiro atoms. The summed E-state index contributed by atoms with van der Waals surface area (Å²) in [5.74, 6) is 0.682. The molecule has 27 heavy (non-hydrogen) atoms. The molecule has 1 fully saturated rings. The average Bonchev–Trinajstić information content (AvgIpc) is 3.35. The van der Waals surface area contributed by atoms with Crippen LogP contribution in [0.3, 0.4) is 0 Å². The zero-order chi connectivity index (χ0) is 19.2. The summed E-state index contributed by atoms with van der Waals surface area (Å²) in [7, 11) is -2.00. The third-order valence-electron chi connectivity index (χ3n) is 5.55. The molecular weight excluding hydrogens is 360 g/mol. The average molecular weight is 385 g/mol. The van der Waals surface area contributed by atoms with Gasteiger partial charge in [0.15, 0.2) is 0 Å². The molecule has 6 heteroatoms. The maximum Gasteiger partial charge on any atom is 0.240 e. The van der Waals surface area contributed by atoms with Crippen molar-refractivity contribution in [1.82, 2.24) is 9.71 Å². The first kappa shape index (κ1) is 18.1. The Hall–Kier alpha value is -2.31. The first-order valence-electron chi connectivity index (χ1n) is 9.08. The number of aromatic nitrogens is 1. The van der Waals surface area contributed by atoms with Crippen molar-refractivity contribution in [1.29, 1.82) is 0 Å². The van der Waals surface area contributed by atoms with E-state index in [1.54, 1.807) is 25.3 Å². The standard InChI is InChI=1S/C21H24N2O3S/c1-14-12-16(8-9-19(14)26-3)27(24,25)22-13-21(10-11-21)20-15(2)23-18-7-5-4-6-17(18)20/h4-9,12,22-23H,10-11,13H2,1-3H3. The van der Waals surface area contributed by atoms with E-state index >= 15 is 0 Å². The van der Waals surface area contributed by atoms with Crippen molar-refractivity contribution in [3.8, 4) is 5.75 Å². The molecule has 1 saturated carbocycles. The SMILES string of the molecule is COc1ccc(S(=O)(=O)NCC2(c3c(C)[nH]c4ccccc34)CC2)cc1C. The number of aromatic amines is 1. The minimum absolute atomic E-state index is 0.127. The van der Waals surface area contributed by atoms with Gasteiger partial charge in [0.05, 0.1) is 12.0 Å². The molecule has 1 aromatic heterocycles. The van der Waals surface area contributed by atoms with Gasteiger partial charge in [0, 0.05) is 28.6 Å². The molecule has 4 rings (SSSR count). The Morgan fingerprint density at radius 1 is 1.15 bits per heavy atom. The van der Waals surface area contributed by atoms with Gasteiger partial charge in [-0.3, -0.25) is 0 Å². The maximum atomic E-state index is 12.8. The maximum absolute atomic E-state index is 12.8. The summed E-state index contributed by atoms with van der Waals surface area (Å²) >= 11 is 0. The molecule has 0 atom stereocenters. The van der Waals surface area contributed by atoms with Crippen LogP contribution in [0, 0.1) is 13.8 Å². The van der Waals surface area contributed by atoms with Crippen molar-refractivity contribution in [2.24, 2.45) is 0 Å². The number of aryl methyl sites for hydroxylation is 2. The van der Waals surface area contributed by atoms with Gasteiger partial charge in [-0.2, -0.15) is 0 Å². The molecule has 0 unspecified atom stereocenters. The summed E-state index contributed by atoms with van der Waals surface area (Å²) in [5.41, 5.74) is 4.14. The summed E-state index contributed by atoms with van der Waals surface area (Å²) in [4.78, 5) is 3.70. The second kappa shape index (κ2) is 6.39. The van der Waals surface area contributed by atoms with Gasteiger partial charge in [0.2, 0.25) is 10.0 Å². The summed E-state index contributed by atoms with van der Waals surface area (Å²) in [6.45, 7) is 4.31. The fourth-order valence-corrected chi connectivity index (χ4v) is 5.17. The van der Waals surface area contributed by atoms with Crippen LogP contribution in [0.5, 0.6) is 5.75 Å². The van der Waals surface area contributed by atoms with E-state index in [0.29, 0.717) is 12.3 Å². The number of H-pyrrole nitrogens is 1. The Morgan fingerprint density at radius 3 is 2.56 bits per heavy atom. The zero-order valence-corrected chi connectivity index (χ0v) is 16.6. The predicted molar refractivity (Wildman–Crippen MR) is 107 cm³/mol.